The molecule has 7 nitrogen and oxygen atoms in total. The fourth-order valence-corrected chi connectivity index (χ4v) is 2.91. The van der Waals surface area contributed by atoms with Crippen LogP contribution in [-0.2, 0) is 10.0 Å². The van der Waals surface area contributed by atoms with E-state index in [0.29, 0.717) is 22.8 Å². The van der Waals surface area contributed by atoms with Crippen LogP contribution in [0.15, 0.2) is 46.4 Å². The van der Waals surface area contributed by atoms with Crippen molar-refractivity contribution in [2.24, 2.45) is 5.10 Å². The summed E-state index contributed by atoms with van der Waals surface area (Å²) in [6.45, 7) is 1.88. The van der Waals surface area contributed by atoms with Crippen LogP contribution < -0.4 is 19.0 Å². The molecule has 25 heavy (non-hydrogen) atoms. The van der Waals surface area contributed by atoms with Crippen LogP contribution in [0, 0.1) is 6.92 Å². The molecule has 0 aliphatic carbocycles. The van der Waals surface area contributed by atoms with Gasteiger partial charge in [0.25, 0.3) is 10.0 Å². The van der Waals surface area contributed by atoms with Crippen molar-refractivity contribution in [3.05, 3.63) is 47.5 Å². The zero-order valence-electron chi connectivity index (χ0n) is 14.4. The van der Waals surface area contributed by atoms with E-state index in [1.807, 2.05) is 6.92 Å². The van der Waals surface area contributed by atoms with Gasteiger partial charge in [-0.15, -0.1) is 0 Å². The van der Waals surface area contributed by atoms with Crippen molar-refractivity contribution < 1.29 is 22.6 Å². The maximum Gasteiger partial charge on any atom is 0.276 e. The molecule has 0 aliphatic rings. The Bertz CT molecular complexity index is 836. The third kappa shape index (κ3) is 4.42. The fraction of sp³-hybridized carbons (Fsp3) is 0.235. The zero-order chi connectivity index (χ0) is 18.4. The lowest BCUT2D eigenvalue weighted by Crippen LogP contribution is -2.18. The first-order valence-electron chi connectivity index (χ1n) is 7.33. The minimum atomic E-state index is -3.73. The molecule has 0 heterocycles. The normalized spacial score (nSPS) is 11.4. The van der Waals surface area contributed by atoms with E-state index in [1.54, 1.807) is 24.3 Å². The molecule has 1 N–H and O–H groups in total. The maximum absolute atomic E-state index is 12.2. The minimum absolute atomic E-state index is 0.139. The van der Waals surface area contributed by atoms with Gasteiger partial charge in [0, 0.05) is 5.56 Å². The highest BCUT2D eigenvalue weighted by atomic mass is 32.2. The molecule has 2 rings (SSSR count). The van der Waals surface area contributed by atoms with Gasteiger partial charge in [-0.3, -0.25) is 0 Å². The summed E-state index contributed by atoms with van der Waals surface area (Å²) in [6.07, 6.45) is 1.36. The molecule has 0 saturated heterocycles. The SMILES string of the molecule is COc1cc(/C=N\NS(=O)(=O)c2ccc(C)cc2)cc(OC)c1OC. The van der Waals surface area contributed by atoms with Gasteiger partial charge in [0.2, 0.25) is 5.75 Å². The van der Waals surface area contributed by atoms with E-state index in [-0.39, 0.29) is 4.90 Å². The molecule has 0 saturated carbocycles. The number of methoxy groups -OCH3 is 3. The van der Waals surface area contributed by atoms with E-state index in [2.05, 4.69) is 9.93 Å². The summed E-state index contributed by atoms with van der Waals surface area (Å²) in [5.74, 6) is 1.34. The largest absolute Gasteiger partial charge is 0.493 e. The molecule has 8 heteroatoms. The predicted octanol–water partition coefficient (Wildman–Crippen LogP) is 2.33. The average molecular weight is 364 g/mol. The third-order valence-corrected chi connectivity index (χ3v) is 4.64. The first kappa shape index (κ1) is 18.6. The lowest BCUT2D eigenvalue weighted by molar-refractivity contribution is 0.324. The number of aryl methyl sites for hydroxylation is 1. The van der Waals surface area contributed by atoms with E-state index in [0.717, 1.165) is 5.56 Å². The van der Waals surface area contributed by atoms with E-state index in [1.165, 1.54) is 39.7 Å². The second kappa shape index (κ2) is 7.89. The smallest absolute Gasteiger partial charge is 0.276 e. The summed E-state index contributed by atoms with van der Waals surface area (Å²) in [7, 11) is 0.774. The summed E-state index contributed by atoms with van der Waals surface area (Å²) >= 11 is 0. The molecular formula is C17H20N2O5S. The number of nitrogens with one attached hydrogen (secondary N) is 1. The maximum atomic E-state index is 12.2. The molecule has 2 aromatic carbocycles. The summed E-state index contributed by atoms with van der Waals surface area (Å²) in [4.78, 5) is 2.31. The topological polar surface area (TPSA) is 86.2 Å². The molecule has 134 valence electrons. The lowest BCUT2D eigenvalue weighted by atomic mass is 10.2. The van der Waals surface area contributed by atoms with Crippen LogP contribution in [0.25, 0.3) is 0 Å². The van der Waals surface area contributed by atoms with Crippen molar-refractivity contribution in [1.29, 1.82) is 0 Å². The average Bonchev–Trinajstić information content (AvgIpc) is 2.61. The summed E-state index contributed by atoms with van der Waals surface area (Å²) in [5.41, 5.74) is 1.56. The Hall–Kier alpha value is -2.74. The van der Waals surface area contributed by atoms with Crippen molar-refractivity contribution in [2.45, 2.75) is 11.8 Å². The highest BCUT2D eigenvalue weighted by molar-refractivity contribution is 7.89. The number of benzene rings is 2. The molecule has 0 fully saturated rings. The van der Waals surface area contributed by atoms with Crippen LogP contribution in [-0.4, -0.2) is 36.0 Å². The van der Waals surface area contributed by atoms with Crippen LogP contribution in [0.4, 0.5) is 0 Å². The summed E-state index contributed by atoms with van der Waals surface area (Å²) in [5, 5.41) is 3.80. The standard InChI is InChI=1S/C17H20N2O5S/c1-12-5-7-14(8-6-12)25(20,21)19-18-11-13-9-15(22-2)17(24-4)16(10-13)23-3/h5-11,19H,1-4H3/b18-11-. The number of nitrogens with zero attached hydrogens (tertiary/aromatic N) is 1. The Balaban J connectivity index is 2.23. The van der Waals surface area contributed by atoms with Gasteiger partial charge in [0.1, 0.15) is 0 Å². The van der Waals surface area contributed by atoms with Gasteiger partial charge < -0.3 is 14.2 Å². The van der Waals surface area contributed by atoms with Crippen molar-refractivity contribution in [3.8, 4) is 17.2 Å². The van der Waals surface area contributed by atoms with Crippen molar-refractivity contribution in [1.82, 2.24) is 4.83 Å². The van der Waals surface area contributed by atoms with Crippen LogP contribution >= 0.6 is 0 Å². The Morgan fingerprint density at radius 3 is 2.00 bits per heavy atom. The van der Waals surface area contributed by atoms with Crippen LogP contribution in [0.3, 0.4) is 0 Å². The van der Waals surface area contributed by atoms with Crippen molar-refractivity contribution >= 4 is 16.2 Å². The fourth-order valence-electron chi connectivity index (χ4n) is 2.12. The van der Waals surface area contributed by atoms with Crippen LogP contribution in [0.2, 0.25) is 0 Å². The Morgan fingerprint density at radius 1 is 0.960 bits per heavy atom. The number of hydrogen-bond acceptors (Lipinski definition) is 6. The minimum Gasteiger partial charge on any atom is -0.493 e. The molecular weight excluding hydrogens is 344 g/mol. The van der Waals surface area contributed by atoms with Gasteiger partial charge in [0.15, 0.2) is 11.5 Å². The summed E-state index contributed by atoms with van der Waals surface area (Å²) in [6, 6.07) is 9.80. The zero-order valence-corrected chi connectivity index (χ0v) is 15.3. The lowest BCUT2D eigenvalue weighted by Gasteiger charge is -2.12. The molecule has 0 atom stereocenters. The molecule has 0 aromatic heterocycles. The highest BCUT2D eigenvalue weighted by Gasteiger charge is 2.14. The number of rotatable bonds is 7. The molecule has 0 aliphatic heterocycles. The molecule has 0 unspecified atom stereocenters. The Labute approximate surface area is 147 Å². The second-order valence-corrected chi connectivity index (χ2v) is 6.79. The number of sulfonamides is 1. The van der Waals surface area contributed by atoms with E-state index < -0.39 is 10.0 Å². The van der Waals surface area contributed by atoms with Gasteiger partial charge >= 0.3 is 0 Å². The van der Waals surface area contributed by atoms with Gasteiger partial charge in [-0.25, -0.2) is 4.83 Å². The summed E-state index contributed by atoms with van der Waals surface area (Å²) < 4.78 is 40.1. The molecule has 0 bridgehead atoms. The van der Waals surface area contributed by atoms with Crippen molar-refractivity contribution in [2.75, 3.05) is 21.3 Å². The van der Waals surface area contributed by atoms with E-state index >= 15 is 0 Å². The number of hydrazone groups is 1. The van der Waals surface area contributed by atoms with Gasteiger partial charge in [-0.2, -0.15) is 13.5 Å². The highest BCUT2D eigenvalue weighted by Crippen LogP contribution is 2.37. The molecule has 2 aromatic rings. The second-order valence-electron chi connectivity index (χ2n) is 5.12. The van der Waals surface area contributed by atoms with Crippen LogP contribution in [0.1, 0.15) is 11.1 Å². The van der Waals surface area contributed by atoms with Gasteiger partial charge in [-0.05, 0) is 31.2 Å². The molecule has 0 radical (unpaired) electrons. The monoisotopic (exact) mass is 364 g/mol. The van der Waals surface area contributed by atoms with Gasteiger partial charge in [-0.1, -0.05) is 17.7 Å². The van der Waals surface area contributed by atoms with Crippen molar-refractivity contribution in [3.63, 3.8) is 0 Å². The molecule has 0 spiro atoms. The number of ether oxygens (including phenoxy) is 3. The molecule has 0 amide bonds. The Morgan fingerprint density at radius 2 is 1.52 bits per heavy atom. The number of hydrogen-bond donors (Lipinski definition) is 1. The Kier molecular flexibility index (Phi) is 5.87. The third-order valence-electron chi connectivity index (χ3n) is 3.40. The van der Waals surface area contributed by atoms with Crippen LogP contribution in [0.5, 0.6) is 17.2 Å². The predicted molar refractivity (Wildman–Crippen MR) is 95.2 cm³/mol. The quantitative estimate of drug-likeness (QED) is 0.602. The first-order chi connectivity index (χ1) is 11.9. The van der Waals surface area contributed by atoms with Gasteiger partial charge in [0.05, 0.1) is 32.4 Å². The van der Waals surface area contributed by atoms with E-state index in [9.17, 15) is 8.42 Å². The van der Waals surface area contributed by atoms with E-state index in [4.69, 9.17) is 14.2 Å². The first-order valence-corrected chi connectivity index (χ1v) is 8.81.